The van der Waals surface area contributed by atoms with Gasteiger partial charge in [0.15, 0.2) is 16.3 Å². The number of aromatic nitrogens is 1. The molecule has 1 aliphatic rings. The van der Waals surface area contributed by atoms with E-state index < -0.39 is 12.0 Å². The Balaban J connectivity index is 1.70. The molecule has 1 atom stereocenters. The molecule has 4 aromatic rings. The molecule has 0 saturated heterocycles. The molecule has 0 unspecified atom stereocenters. The van der Waals surface area contributed by atoms with Crippen LogP contribution >= 0.6 is 34.5 Å². The molecule has 0 amide bonds. The molecule has 11 heteroatoms. The second kappa shape index (κ2) is 12.0. The maximum absolute atomic E-state index is 14.0. The summed E-state index contributed by atoms with van der Waals surface area (Å²) in [5.74, 6) is 1.30. The first-order chi connectivity index (χ1) is 19.8. The number of esters is 1. The van der Waals surface area contributed by atoms with Crippen molar-refractivity contribution >= 4 is 46.6 Å². The number of hydrogen-bond acceptors (Lipinski definition) is 8. The quantitative estimate of drug-likeness (QED) is 0.234. The summed E-state index contributed by atoms with van der Waals surface area (Å²) in [7, 11) is 1.54. The number of ether oxygens (including phenoxy) is 3. The number of halogens is 2. The third kappa shape index (κ3) is 5.45. The van der Waals surface area contributed by atoms with Gasteiger partial charge in [-0.25, -0.2) is 9.79 Å². The van der Waals surface area contributed by atoms with Gasteiger partial charge in [0.2, 0.25) is 0 Å². The van der Waals surface area contributed by atoms with Crippen LogP contribution < -0.4 is 24.4 Å². The predicted octanol–water partition coefficient (Wildman–Crippen LogP) is 5.77. The second-order valence-corrected chi connectivity index (χ2v) is 10.8. The number of para-hydroxylation sites is 1. The van der Waals surface area contributed by atoms with Crippen LogP contribution in [0.25, 0.3) is 17.4 Å². The molecule has 41 heavy (non-hydrogen) atoms. The molecule has 2 aromatic heterocycles. The van der Waals surface area contributed by atoms with Crippen LogP contribution in [0.4, 0.5) is 0 Å². The number of furan rings is 1. The van der Waals surface area contributed by atoms with Crippen LogP contribution in [0.15, 0.2) is 74.0 Å². The summed E-state index contributed by atoms with van der Waals surface area (Å²) >= 11 is 13.7. The fraction of sp³-hybridized carbons (Fsp3) is 0.233. The Hall–Kier alpha value is -3.79. The van der Waals surface area contributed by atoms with Crippen LogP contribution in [0, 0.1) is 0 Å². The monoisotopic (exact) mass is 612 g/mol. The number of nitrogens with zero attached hydrogens (tertiary/aromatic N) is 2. The Kier molecular flexibility index (Phi) is 8.40. The third-order valence-corrected chi connectivity index (χ3v) is 7.97. The lowest BCUT2D eigenvalue weighted by Gasteiger charge is -2.26. The topological polar surface area (TPSA) is 92.3 Å². The number of carbonyl (C=O) groups excluding carboxylic acids is 1. The van der Waals surface area contributed by atoms with Crippen molar-refractivity contribution in [3.05, 3.63) is 101 Å². The highest BCUT2D eigenvalue weighted by Crippen LogP contribution is 2.41. The SMILES string of the molecule is CCOC(=O)C1=C(C)N=c2s/c(=C/c3ccc(-c4cc(Cl)ccc4Cl)o3)c(=O)n2[C@@H]1c1cccc(OC)c1OCC. The van der Waals surface area contributed by atoms with Gasteiger partial charge in [-0.15, -0.1) is 0 Å². The van der Waals surface area contributed by atoms with Crippen molar-refractivity contribution in [3.63, 3.8) is 0 Å². The van der Waals surface area contributed by atoms with E-state index in [2.05, 4.69) is 4.99 Å². The third-order valence-electron chi connectivity index (χ3n) is 6.42. The molecule has 0 saturated carbocycles. The molecule has 0 fully saturated rings. The van der Waals surface area contributed by atoms with Gasteiger partial charge in [-0.05, 0) is 57.2 Å². The average molecular weight is 614 g/mol. The largest absolute Gasteiger partial charge is 0.493 e. The second-order valence-electron chi connectivity index (χ2n) is 8.94. The Labute approximate surface area is 249 Å². The summed E-state index contributed by atoms with van der Waals surface area (Å²) < 4.78 is 24.8. The number of rotatable bonds is 8. The summed E-state index contributed by atoms with van der Waals surface area (Å²) in [5, 5.41) is 1.01. The van der Waals surface area contributed by atoms with E-state index in [1.165, 1.54) is 23.0 Å². The molecule has 0 radical (unpaired) electrons. The number of thiazole rings is 1. The van der Waals surface area contributed by atoms with E-state index in [9.17, 15) is 9.59 Å². The number of allylic oxidation sites excluding steroid dienone is 1. The Morgan fingerprint density at radius 2 is 1.95 bits per heavy atom. The van der Waals surface area contributed by atoms with Crippen molar-refractivity contribution < 1.29 is 23.4 Å². The fourth-order valence-electron chi connectivity index (χ4n) is 4.68. The average Bonchev–Trinajstić information content (AvgIpc) is 3.53. The van der Waals surface area contributed by atoms with E-state index in [0.29, 0.717) is 65.8 Å². The van der Waals surface area contributed by atoms with Gasteiger partial charge in [-0.1, -0.05) is 46.7 Å². The van der Waals surface area contributed by atoms with Gasteiger partial charge in [0.05, 0.1) is 41.1 Å². The highest BCUT2D eigenvalue weighted by atomic mass is 35.5. The fourth-order valence-corrected chi connectivity index (χ4v) is 6.09. The van der Waals surface area contributed by atoms with E-state index in [1.54, 1.807) is 68.5 Å². The molecule has 0 spiro atoms. The molecule has 0 aliphatic carbocycles. The van der Waals surface area contributed by atoms with Crippen molar-refractivity contribution in [1.82, 2.24) is 4.57 Å². The molecular formula is C30H26Cl2N2O6S. The maximum atomic E-state index is 14.0. The number of benzene rings is 2. The summed E-state index contributed by atoms with van der Waals surface area (Å²) in [5.41, 5.74) is 1.55. The van der Waals surface area contributed by atoms with E-state index in [1.807, 2.05) is 6.92 Å². The first-order valence-electron chi connectivity index (χ1n) is 12.8. The molecule has 212 valence electrons. The van der Waals surface area contributed by atoms with Crippen molar-refractivity contribution in [2.75, 3.05) is 20.3 Å². The zero-order valence-corrected chi connectivity index (χ0v) is 25.0. The van der Waals surface area contributed by atoms with E-state index in [0.717, 1.165) is 0 Å². The molecule has 8 nitrogen and oxygen atoms in total. The zero-order valence-electron chi connectivity index (χ0n) is 22.7. The van der Waals surface area contributed by atoms with E-state index in [-0.39, 0.29) is 17.7 Å². The molecule has 5 rings (SSSR count). The Morgan fingerprint density at radius 1 is 1.15 bits per heavy atom. The normalized spacial score (nSPS) is 15.0. The zero-order chi connectivity index (χ0) is 29.3. The smallest absolute Gasteiger partial charge is 0.338 e. The van der Waals surface area contributed by atoms with Crippen LogP contribution in [0.1, 0.15) is 38.1 Å². The van der Waals surface area contributed by atoms with E-state index in [4.69, 9.17) is 41.8 Å². The van der Waals surface area contributed by atoms with Gasteiger partial charge in [-0.2, -0.15) is 0 Å². The van der Waals surface area contributed by atoms with Crippen molar-refractivity contribution in [2.45, 2.75) is 26.8 Å². The van der Waals surface area contributed by atoms with E-state index >= 15 is 0 Å². The van der Waals surface area contributed by atoms with Crippen LogP contribution in [-0.2, 0) is 9.53 Å². The highest BCUT2D eigenvalue weighted by Gasteiger charge is 2.36. The molecule has 2 aromatic carbocycles. The van der Waals surface area contributed by atoms with Crippen LogP contribution in [0.2, 0.25) is 10.0 Å². The molecule has 1 aliphatic heterocycles. The lowest BCUT2D eigenvalue weighted by atomic mass is 9.94. The molecule has 0 N–H and O–H groups in total. The molecule has 0 bridgehead atoms. The number of carbonyl (C=O) groups is 1. The molecule has 3 heterocycles. The summed E-state index contributed by atoms with van der Waals surface area (Å²) in [6, 6.07) is 13.1. The number of hydrogen-bond donors (Lipinski definition) is 0. The van der Waals surface area contributed by atoms with Gasteiger partial charge in [0.25, 0.3) is 5.56 Å². The Bertz CT molecular complexity index is 1850. The minimum absolute atomic E-state index is 0.167. The van der Waals surface area contributed by atoms with Gasteiger partial charge in [0, 0.05) is 22.2 Å². The number of fused-ring (bicyclic) bond motifs is 1. The lowest BCUT2D eigenvalue weighted by Crippen LogP contribution is -2.40. The predicted molar refractivity (Wildman–Crippen MR) is 159 cm³/mol. The highest BCUT2D eigenvalue weighted by molar-refractivity contribution is 7.07. The van der Waals surface area contributed by atoms with Crippen molar-refractivity contribution in [3.8, 4) is 22.8 Å². The Morgan fingerprint density at radius 3 is 2.68 bits per heavy atom. The van der Waals surface area contributed by atoms with Gasteiger partial charge in [-0.3, -0.25) is 9.36 Å². The maximum Gasteiger partial charge on any atom is 0.338 e. The van der Waals surface area contributed by atoms with Gasteiger partial charge in [0.1, 0.15) is 17.6 Å². The van der Waals surface area contributed by atoms with Crippen LogP contribution in [-0.4, -0.2) is 30.9 Å². The van der Waals surface area contributed by atoms with Gasteiger partial charge >= 0.3 is 5.97 Å². The first kappa shape index (κ1) is 28.7. The van der Waals surface area contributed by atoms with Crippen LogP contribution in [0.5, 0.6) is 11.5 Å². The molecular weight excluding hydrogens is 587 g/mol. The van der Waals surface area contributed by atoms with Gasteiger partial charge < -0.3 is 18.6 Å². The number of methoxy groups -OCH3 is 1. The first-order valence-corrected chi connectivity index (χ1v) is 14.4. The summed E-state index contributed by atoms with van der Waals surface area (Å²) in [6.07, 6.45) is 1.64. The minimum Gasteiger partial charge on any atom is -0.493 e. The minimum atomic E-state index is -0.860. The van der Waals surface area contributed by atoms with Crippen molar-refractivity contribution in [2.24, 2.45) is 4.99 Å². The summed E-state index contributed by atoms with van der Waals surface area (Å²) in [6.45, 7) is 5.82. The summed E-state index contributed by atoms with van der Waals surface area (Å²) in [4.78, 5) is 32.3. The lowest BCUT2D eigenvalue weighted by molar-refractivity contribution is -0.139. The van der Waals surface area contributed by atoms with Crippen molar-refractivity contribution in [1.29, 1.82) is 0 Å². The van der Waals surface area contributed by atoms with Crippen LogP contribution in [0.3, 0.4) is 0 Å². The standard InChI is InChI=1S/C30H26Cl2N2O6S/c1-5-38-27-19(8-7-9-23(27)37-4)26-25(29(36)39-6-2)16(3)33-30-34(26)28(35)24(41-30)15-18-11-13-22(40-18)20-14-17(31)10-12-21(20)32/h7-15,26H,5-6H2,1-4H3/b24-15+/t26-/m1/s1.